The first kappa shape index (κ1) is 16.2. The van der Waals surface area contributed by atoms with Crippen LogP contribution in [0, 0.1) is 5.82 Å². The number of likely N-dealkylation sites (N-methyl/N-ethyl adjacent to an activating group) is 1. The van der Waals surface area contributed by atoms with Gasteiger partial charge in [0.15, 0.2) is 0 Å². The molecule has 0 aliphatic carbocycles. The number of para-hydroxylation sites is 1. The number of halogens is 1. The number of hydrogen-bond acceptors (Lipinski definition) is 3. The Balaban J connectivity index is 2.30. The van der Waals surface area contributed by atoms with Gasteiger partial charge in [0, 0.05) is 19.7 Å². The van der Waals surface area contributed by atoms with Crippen LogP contribution in [0.25, 0.3) is 0 Å². The molecule has 1 fully saturated rings. The van der Waals surface area contributed by atoms with E-state index in [9.17, 15) is 4.39 Å². The first-order chi connectivity index (χ1) is 10.2. The van der Waals surface area contributed by atoms with E-state index in [-0.39, 0.29) is 17.5 Å². The van der Waals surface area contributed by atoms with E-state index in [1.165, 1.54) is 6.07 Å². The lowest BCUT2D eigenvalue weighted by molar-refractivity contribution is -0.0226. The second-order valence-corrected chi connectivity index (χ2v) is 5.86. The second-order valence-electron chi connectivity index (χ2n) is 5.86. The molecular weight excluding hydrogens is 267 g/mol. The lowest BCUT2D eigenvalue weighted by atomic mass is 9.83. The van der Waals surface area contributed by atoms with Crippen molar-refractivity contribution < 1.29 is 9.13 Å². The predicted octanol–water partition coefficient (Wildman–Crippen LogP) is 3.33. The third-order valence-electron chi connectivity index (χ3n) is 4.55. The minimum atomic E-state index is -0.199. The molecular formula is C17H27FN2O. The Labute approximate surface area is 127 Å². The molecule has 4 heteroatoms. The van der Waals surface area contributed by atoms with Crippen molar-refractivity contribution >= 4 is 5.69 Å². The number of anilines is 1. The van der Waals surface area contributed by atoms with Crippen molar-refractivity contribution in [1.29, 1.82) is 0 Å². The number of ether oxygens (including phenoxy) is 1. The van der Waals surface area contributed by atoms with E-state index in [2.05, 4.69) is 18.7 Å². The van der Waals surface area contributed by atoms with Gasteiger partial charge in [0.05, 0.1) is 17.3 Å². The summed E-state index contributed by atoms with van der Waals surface area (Å²) in [4.78, 5) is 2.15. The van der Waals surface area contributed by atoms with Gasteiger partial charge < -0.3 is 15.4 Å². The van der Waals surface area contributed by atoms with Gasteiger partial charge in [-0.2, -0.15) is 0 Å². The molecule has 2 atom stereocenters. The highest BCUT2D eigenvalue weighted by molar-refractivity contribution is 5.50. The molecule has 2 N–H and O–H groups in total. The van der Waals surface area contributed by atoms with E-state index in [1.54, 1.807) is 6.07 Å². The Kier molecular flexibility index (Phi) is 5.59. The van der Waals surface area contributed by atoms with E-state index < -0.39 is 0 Å². The molecule has 1 aliphatic heterocycles. The minimum absolute atomic E-state index is 0.175. The van der Waals surface area contributed by atoms with Crippen molar-refractivity contribution in [3.8, 4) is 0 Å². The Bertz CT molecular complexity index is 452. The van der Waals surface area contributed by atoms with Gasteiger partial charge >= 0.3 is 0 Å². The molecule has 1 saturated heterocycles. The molecule has 0 bridgehead atoms. The first-order valence-electron chi connectivity index (χ1n) is 8.00. The number of hydrogen-bond donors (Lipinski definition) is 1. The van der Waals surface area contributed by atoms with E-state index in [0.717, 1.165) is 32.2 Å². The van der Waals surface area contributed by atoms with Crippen LogP contribution in [0.4, 0.5) is 10.1 Å². The van der Waals surface area contributed by atoms with Crippen LogP contribution in [0.15, 0.2) is 24.3 Å². The normalized spacial score (nSPS) is 25.8. The van der Waals surface area contributed by atoms with Crippen LogP contribution in [0.5, 0.6) is 0 Å². The average Bonchev–Trinajstić information content (AvgIpc) is 2.50. The van der Waals surface area contributed by atoms with Crippen LogP contribution >= 0.6 is 0 Å². The zero-order chi connectivity index (χ0) is 15.3. The molecule has 21 heavy (non-hydrogen) atoms. The Hall–Kier alpha value is -1.13. The summed E-state index contributed by atoms with van der Waals surface area (Å²) in [7, 11) is 0. The Morgan fingerprint density at radius 3 is 2.76 bits per heavy atom. The zero-order valence-electron chi connectivity index (χ0n) is 13.1. The fourth-order valence-corrected chi connectivity index (χ4v) is 3.48. The highest BCUT2D eigenvalue weighted by atomic mass is 19.1. The van der Waals surface area contributed by atoms with Gasteiger partial charge in [-0.15, -0.1) is 0 Å². The van der Waals surface area contributed by atoms with Crippen molar-refractivity contribution in [3.63, 3.8) is 0 Å². The third-order valence-corrected chi connectivity index (χ3v) is 4.55. The molecule has 3 nitrogen and oxygen atoms in total. The van der Waals surface area contributed by atoms with Gasteiger partial charge in [-0.3, -0.25) is 0 Å². The van der Waals surface area contributed by atoms with Crippen molar-refractivity contribution in [3.05, 3.63) is 30.1 Å². The van der Waals surface area contributed by atoms with Gasteiger partial charge in [0.2, 0.25) is 0 Å². The monoisotopic (exact) mass is 294 g/mol. The summed E-state index contributed by atoms with van der Waals surface area (Å²) < 4.78 is 20.1. The van der Waals surface area contributed by atoms with Crippen molar-refractivity contribution in [2.45, 2.75) is 51.2 Å². The maximum atomic E-state index is 14.2. The topological polar surface area (TPSA) is 38.5 Å². The summed E-state index contributed by atoms with van der Waals surface area (Å²) in [6, 6.07) is 6.98. The minimum Gasteiger partial charge on any atom is -0.378 e. The molecule has 2 unspecified atom stereocenters. The van der Waals surface area contributed by atoms with Gasteiger partial charge in [0.1, 0.15) is 5.82 Å². The predicted molar refractivity (Wildman–Crippen MR) is 85.1 cm³/mol. The summed E-state index contributed by atoms with van der Waals surface area (Å²) in [6.07, 6.45) is 4.09. The molecule has 0 radical (unpaired) electrons. The van der Waals surface area contributed by atoms with Crippen molar-refractivity contribution in [2.75, 3.05) is 24.6 Å². The van der Waals surface area contributed by atoms with E-state index in [0.29, 0.717) is 18.8 Å². The number of benzene rings is 1. The van der Waals surface area contributed by atoms with Gasteiger partial charge in [0.25, 0.3) is 0 Å². The maximum absolute atomic E-state index is 14.2. The summed E-state index contributed by atoms with van der Waals surface area (Å²) in [5.74, 6) is -0.175. The molecule has 2 rings (SSSR count). The zero-order valence-corrected chi connectivity index (χ0v) is 13.1. The van der Waals surface area contributed by atoms with E-state index in [1.807, 2.05) is 12.1 Å². The fraction of sp³-hybridized carbons (Fsp3) is 0.647. The van der Waals surface area contributed by atoms with Crippen LogP contribution in [0.2, 0.25) is 0 Å². The standard InChI is InChI=1S/C17H27FN2O/c1-3-7-14-12-17(13-19,10-11-21-14)20(4-2)16-9-6-5-8-15(16)18/h5-6,8-9,14H,3-4,7,10-13,19H2,1-2H3. The van der Waals surface area contributed by atoms with Gasteiger partial charge in [-0.25, -0.2) is 4.39 Å². The fourth-order valence-electron chi connectivity index (χ4n) is 3.48. The molecule has 0 spiro atoms. The quantitative estimate of drug-likeness (QED) is 0.874. The Morgan fingerprint density at radius 1 is 1.38 bits per heavy atom. The van der Waals surface area contributed by atoms with Crippen LogP contribution < -0.4 is 10.6 Å². The summed E-state index contributed by atoms with van der Waals surface area (Å²) in [5, 5.41) is 0. The molecule has 1 aliphatic rings. The number of nitrogens with two attached hydrogens (primary N) is 1. The third kappa shape index (κ3) is 3.38. The summed E-state index contributed by atoms with van der Waals surface area (Å²) in [5.41, 5.74) is 6.60. The SMILES string of the molecule is CCCC1CC(CN)(N(CC)c2ccccc2F)CCO1. The van der Waals surface area contributed by atoms with Crippen LogP contribution in [-0.4, -0.2) is 31.3 Å². The molecule has 0 amide bonds. The lowest BCUT2D eigenvalue weighted by Crippen LogP contribution is -2.59. The lowest BCUT2D eigenvalue weighted by Gasteiger charge is -2.49. The molecule has 0 saturated carbocycles. The number of rotatable bonds is 6. The van der Waals surface area contributed by atoms with Gasteiger partial charge in [-0.1, -0.05) is 25.5 Å². The molecule has 1 aromatic rings. The van der Waals surface area contributed by atoms with Crippen LogP contribution in [-0.2, 0) is 4.74 Å². The van der Waals surface area contributed by atoms with Gasteiger partial charge in [-0.05, 0) is 38.3 Å². The largest absolute Gasteiger partial charge is 0.378 e. The number of nitrogens with zero attached hydrogens (tertiary/aromatic N) is 1. The molecule has 118 valence electrons. The van der Waals surface area contributed by atoms with E-state index >= 15 is 0 Å². The maximum Gasteiger partial charge on any atom is 0.146 e. The molecule has 0 aromatic heterocycles. The highest BCUT2D eigenvalue weighted by Gasteiger charge is 2.41. The second kappa shape index (κ2) is 7.23. The van der Waals surface area contributed by atoms with Crippen molar-refractivity contribution in [2.24, 2.45) is 5.73 Å². The summed E-state index contributed by atoms with van der Waals surface area (Å²) in [6.45, 7) is 6.20. The smallest absolute Gasteiger partial charge is 0.146 e. The Morgan fingerprint density at radius 2 is 2.14 bits per heavy atom. The average molecular weight is 294 g/mol. The summed E-state index contributed by atoms with van der Waals surface area (Å²) >= 11 is 0. The highest BCUT2D eigenvalue weighted by Crippen LogP contribution is 2.36. The van der Waals surface area contributed by atoms with Crippen LogP contribution in [0.3, 0.4) is 0 Å². The van der Waals surface area contributed by atoms with Crippen molar-refractivity contribution in [1.82, 2.24) is 0 Å². The molecule has 1 heterocycles. The van der Waals surface area contributed by atoms with E-state index in [4.69, 9.17) is 10.5 Å². The van der Waals surface area contributed by atoms with Crippen LogP contribution in [0.1, 0.15) is 39.5 Å². The molecule has 1 aromatic carbocycles. The first-order valence-corrected chi connectivity index (χ1v) is 8.00.